The van der Waals surface area contributed by atoms with Crippen molar-refractivity contribution in [2.45, 2.75) is 38.3 Å². The molecule has 0 amide bonds. The summed E-state index contributed by atoms with van der Waals surface area (Å²) in [6.07, 6.45) is 7.01. The van der Waals surface area contributed by atoms with Gasteiger partial charge in [0.15, 0.2) is 0 Å². The summed E-state index contributed by atoms with van der Waals surface area (Å²) in [6, 6.07) is 0.284. The SMILES string of the molecule is NC1CCC(CNc2nc(NCc3nccs3)ncc2[N+](=O)[O-])CC1. The number of hydrogen-bond donors (Lipinski definition) is 3. The third-order valence-electron chi connectivity index (χ3n) is 4.30. The van der Waals surface area contributed by atoms with E-state index in [-0.39, 0.29) is 17.5 Å². The minimum atomic E-state index is -0.469. The monoisotopic (exact) mass is 363 g/mol. The molecule has 3 rings (SSSR count). The van der Waals surface area contributed by atoms with Crippen molar-refractivity contribution >= 4 is 28.8 Å². The van der Waals surface area contributed by atoms with Crippen molar-refractivity contribution < 1.29 is 4.92 Å². The Morgan fingerprint density at radius 3 is 2.76 bits per heavy atom. The molecule has 1 aliphatic carbocycles. The minimum absolute atomic E-state index is 0.118. The average Bonchev–Trinajstić information content (AvgIpc) is 3.13. The Bertz CT molecular complexity index is 702. The second-order valence-corrected chi connectivity index (χ2v) is 7.10. The number of hydrogen-bond acceptors (Lipinski definition) is 9. The first-order valence-corrected chi connectivity index (χ1v) is 9.13. The quantitative estimate of drug-likeness (QED) is 0.504. The zero-order chi connectivity index (χ0) is 17.6. The molecule has 0 radical (unpaired) electrons. The van der Waals surface area contributed by atoms with Crippen LogP contribution in [-0.4, -0.2) is 32.5 Å². The maximum Gasteiger partial charge on any atom is 0.329 e. The number of nitrogens with one attached hydrogen (secondary N) is 2. The summed E-state index contributed by atoms with van der Waals surface area (Å²) in [5.74, 6) is 1.05. The summed E-state index contributed by atoms with van der Waals surface area (Å²) in [4.78, 5) is 23.2. The van der Waals surface area contributed by atoms with Gasteiger partial charge in [0, 0.05) is 24.2 Å². The highest BCUT2D eigenvalue weighted by molar-refractivity contribution is 7.09. The molecule has 25 heavy (non-hydrogen) atoms. The van der Waals surface area contributed by atoms with Gasteiger partial charge in [-0.15, -0.1) is 11.3 Å². The molecule has 0 saturated heterocycles. The number of anilines is 2. The predicted molar refractivity (Wildman–Crippen MR) is 96.6 cm³/mol. The van der Waals surface area contributed by atoms with Crippen LogP contribution in [0.25, 0.3) is 0 Å². The van der Waals surface area contributed by atoms with Crippen LogP contribution in [0.15, 0.2) is 17.8 Å². The summed E-state index contributed by atoms with van der Waals surface area (Å²) in [5.41, 5.74) is 5.80. The molecule has 0 spiro atoms. The van der Waals surface area contributed by atoms with Gasteiger partial charge in [0.25, 0.3) is 0 Å². The Hall–Kier alpha value is -2.33. The predicted octanol–water partition coefficient (Wildman–Crippen LogP) is 2.38. The average molecular weight is 363 g/mol. The normalized spacial score (nSPS) is 20.2. The molecule has 0 aromatic carbocycles. The van der Waals surface area contributed by atoms with Gasteiger partial charge in [-0.05, 0) is 31.6 Å². The summed E-state index contributed by atoms with van der Waals surface area (Å²) in [6.45, 7) is 1.13. The Morgan fingerprint density at radius 1 is 1.28 bits per heavy atom. The standard InChI is InChI=1S/C15H21N7O2S/c16-11-3-1-10(2-4-11)7-18-14-12(22(23)24)8-19-15(21-14)20-9-13-17-5-6-25-13/h5-6,8,10-11H,1-4,7,9,16H2,(H2,18,19,20,21). The van der Waals surface area contributed by atoms with E-state index in [1.165, 1.54) is 17.5 Å². The smallest absolute Gasteiger partial charge is 0.329 e. The van der Waals surface area contributed by atoms with E-state index in [2.05, 4.69) is 25.6 Å². The van der Waals surface area contributed by atoms with Crippen molar-refractivity contribution in [1.82, 2.24) is 15.0 Å². The summed E-state index contributed by atoms with van der Waals surface area (Å²) >= 11 is 1.52. The number of rotatable bonds is 7. The summed E-state index contributed by atoms with van der Waals surface area (Å²) in [5, 5.41) is 20.2. The van der Waals surface area contributed by atoms with E-state index in [1.807, 2.05) is 5.38 Å². The number of aromatic nitrogens is 3. The van der Waals surface area contributed by atoms with Crippen molar-refractivity contribution in [2.75, 3.05) is 17.2 Å². The molecule has 4 N–H and O–H groups in total. The summed E-state index contributed by atoms with van der Waals surface area (Å²) < 4.78 is 0. The molecule has 2 aromatic heterocycles. The molecular weight excluding hydrogens is 342 g/mol. The highest BCUT2D eigenvalue weighted by atomic mass is 32.1. The lowest BCUT2D eigenvalue weighted by Crippen LogP contribution is -2.29. The van der Waals surface area contributed by atoms with Crippen molar-refractivity contribution in [3.05, 3.63) is 32.9 Å². The molecule has 2 heterocycles. The highest BCUT2D eigenvalue weighted by Gasteiger charge is 2.21. The van der Waals surface area contributed by atoms with Gasteiger partial charge in [-0.25, -0.2) is 9.97 Å². The highest BCUT2D eigenvalue weighted by Crippen LogP contribution is 2.26. The Balaban J connectivity index is 1.64. The topological polar surface area (TPSA) is 132 Å². The van der Waals surface area contributed by atoms with Crippen molar-refractivity contribution in [3.8, 4) is 0 Å². The fourth-order valence-corrected chi connectivity index (χ4v) is 3.41. The van der Waals surface area contributed by atoms with Crippen LogP contribution in [-0.2, 0) is 6.54 Å². The van der Waals surface area contributed by atoms with Crippen molar-refractivity contribution in [1.29, 1.82) is 0 Å². The van der Waals surface area contributed by atoms with E-state index in [4.69, 9.17) is 5.73 Å². The molecule has 0 atom stereocenters. The van der Waals surface area contributed by atoms with Gasteiger partial charge < -0.3 is 16.4 Å². The number of nitro groups is 1. The van der Waals surface area contributed by atoms with Gasteiger partial charge in [-0.3, -0.25) is 10.1 Å². The van der Waals surface area contributed by atoms with Crippen LogP contribution < -0.4 is 16.4 Å². The number of nitrogens with two attached hydrogens (primary N) is 1. The van der Waals surface area contributed by atoms with Crippen LogP contribution >= 0.6 is 11.3 Å². The lowest BCUT2D eigenvalue weighted by Gasteiger charge is -2.26. The molecule has 9 nitrogen and oxygen atoms in total. The molecular formula is C15H21N7O2S. The fourth-order valence-electron chi connectivity index (χ4n) is 2.85. The van der Waals surface area contributed by atoms with E-state index in [0.29, 0.717) is 25.0 Å². The molecule has 10 heteroatoms. The zero-order valence-electron chi connectivity index (χ0n) is 13.7. The van der Waals surface area contributed by atoms with E-state index < -0.39 is 4.92 Å². The maximum absolute atomic E-state index is 11.2. The van der Waals surface area contributed by atoms with E-state index in [1.54, 1.807) is 6.20 Å². The molecule has 0 unspecified atom stereocenters. The van der Waals surface area contributed by atoms with Gasteiger partial charge in [-0.2, -0.15) is 4.98 Å². The van der Waals surface area contributed by atoms with Gasteiger partial charge in [0.2, 0.25) is 11.8 Å². The summed E-state index contributed by atoms with van der Waals surface area (Å²) in [7, 11) is 0. The first-order chi connectivity index (χ1) is 12.1. The molecule has 1 saturated carbocycles. The third-order valence-corrected chi connectivity index (χ3v) is 5.08. The van der Waals surface area contributed by atoms with Gasteiger partial charge in [0.05, 0.1) is 11.5 Å². The van der Waals surface area contributed by atoms with Crippen LogP contribution in [0.5, 0.6) is 0 Å². The molecule has 0 bridgehead atoms. The molecule has 1 aliphatic rings. The first-order valence-electron chi connectivity index (χ1n) is 8.25. The van der Waals surface area contributed by atoms with Gasteiger partial charge in [-0.1, -0.05) is 0 Å². The number of nitrogens with zero attached hydrogens (tertiary/aromatic N) is 4. The number of thiazole rings is 1. The van der Waals surface area contributed by atoms with E-state index in [9.17, 15) is 10.1 Å². The van der Waals surface area contributed by atoms with Crippen LogP contribution in [0, 0.1) is 16.0 Å². The molecule has 1 fully saturated rings. The largest absolute Gasteiger partial charge is 0.364 e. The Morgan fingerprint density at radius 2 is 2.08 bits per heavy atom. The zero-order valence-corrected chi connectivity index (χ0v) is 14.5. The van der Waals surface area contributed by atoms with Gasteiger partial charge >= 0.3 is 5.69 Å². The first kappa shape index (κ1) is 17.5. The lowest BCUT2D eigenvalue weighted by atomic mass is 9.86. The second-order valence-electron chi connectivity index (χ2n) is 6.13. The van der Waals surface area contributed by atoms with Crippen LogP contribution in [0.3, 0.4) is 0 Å². The van der Waals surface area contributed by atoms with Crippen molar-refractivity contribution in [2.24, 2.45) is 11.7 Å². The lowest BCUT2D eigenvalue weighted by molar-refractivity contribution is -0.384. The van der Waals surface area contributed by atoms with Crippen LogP contribution in [0.1, 0.15) is 30.7 Å². The van der Waals surface area contributed by atoms with Gasteiger partial charge in [0.1, 0.15) is 11.2 Å². The Kier molecular flexibility index (Phi) is 5.71. The Labute approximate surface area is 149 Å². The van der Waals surface area contributed by atoms with Crippen molar-refractivity contribution in [3.63, 3.8) is 0 Å². The third kappa shape index (κ3) is 4.83. The van der Waals surface area contributed by atoms with E-state index >= 15 is 0 Å². The molecule has 0 aliphatic heterocycles. The van der Waals surface area contributed by atoms with Crippen LogP contribution in [0.4, 0.5) is 17.5 Å². The molecule has 134 valence electrons. The van der Waals surface area contributed by atoms with E-state index in [0.717, 1.165) is 30.7 Å². The fraction of sp³-hybridized carbons (Fsp3) is 0.533. The molecule has 2 aromatic rings. The second kappa shape index (κ2) is 8.17. The maximum atomic E-state index is 11.2. The minimum Gasteiger partial charge on any atom is -0.364 e. The van der Waals surface area contributed by atoms with Crippen LogP contribution in [0.2, 0.25) is 0 Å².